The highest BCUT2D eigenvalue weighted by Gasteiger charge is 2.05. The summed E-state index contributed by atoms with van der Waals surface area (Å²) in [7, 11) is 3.20. The summed E-state index contributed by atoms with van der Waals surface area (Å²) < 4.78 is 10.5. The summed E-state index contributed by atoms with van der Waals surface area (Å²) in [4.78, 5) is 4.41. The average molecular weight is 463 g/mol. The van der Waals surface area contributed by atoms with E-state index in [-0.39, 0.29) is 24.0 Å². The van der Waals surface area contributed by atoms with Gasteiger partial charge >= 0.3 is 0 Å². The summed E-state index contributed by atoms with van der Waals surface area (Å²) in [6, 6.07) is 20.0. The lowest BCUT2D eigenvalue weighted by Crippen LogP contribution is -2.22. The van der Waals surface area contributed by atoms with Gasteiger partial charge < -0.3 is 20.5 Å². The number of halogens is 1. The molecule has 3 rings (SSSR count). The molecule has 0 aliphatic carbocycles. The van der Waals surface area contributed by atoms with E-state index in [4.69, 9.17) is 15.2 Å². The van der Waals surface area contributed by atoms with E-state index in [0.29, 0.717) is 24.0 Å². The number of fused-ring (bicyclic) bond motifs is 1. The molecule has 0 aliphatic rings. The Balaban J connectivity index is 0.00000243. The Kier molecular flexibility index (Phi) is 7.08. The Morgan fingerprint density at radius 2 is 1.65 bits per heavy atom. The zero-order valence-corrected chi connectivity index (χ0v) is 17.1. The maximum atomic E-state index is 6.00. The number of anilines is 1. The summed E-state index contributed by atoms with van der Waals surface area (Å²) >= 11 is 0. The first-order chi connectivity index (χ1) is 12.2. The monoisotopic (exact) mass is 463 g/mol. The van der Waals surface area contributed by atoms with E-state index in [1.165, 1.54) is 10.8 Å². The molecule has 0 saturated heterocycles. The highest BCUT2D eigenvalue weighted by molar-refractivity contribution is 14.0. The third-order valence-corrected chi connectivity index (χ3v) is 3.90. The number of hydrogen-bond acceptors (Lipinski definition) is 3. The second-order valence-corrected chi connectivity index (χ2v) is 5.58. The third-order valence-electron chi connectivity index (χ3n) is 3.90. The van der Waals surface area contributed by atoms with E-state index in [1.54, 1.807) is 14.2 Å². The minimum Gasteiger partial charge on any atom is -0.493 e. The molecule has 0 aliphatic heterocycles. The van der Waals surface area contributed by atoms with Crippen LogP contribution in [0.5, 0.6) is 11.5 Å². The molecule has 5 nitrogen and oxygen atoms in total. The van der Waals surface area contributed by atoms with Crippen LogP contribution in [0, 0.1) is 0 Å². The number of nitrogens with one attached hydrogen (secondary N) is 1. The van der Waals surface area contributed by atoms with Crippen molar-refractivity contribution in [3.63, 3.8) is 0 Å². The van der Waals surface area contributed by atoms with Gasteiger partial charge in [0.2, 0.25) is 0 Å². The quantitative estimate of drug-likeness (QED) is 0.335. The lowest BCUT2D eigenvalue weighted by atomic mass is 10.1. The second kappa shape index (κ2) is 9.28. The van der Waals surface area contributed by atoms with Gasteiger partial charge in [0, 0.05) is 11.8 Å². The molecule has 0 fully saturated rings. The van der Waals surface area contributed by atoms with E-state index in [2.05, 4.69) is 40.6 Å². The lowest BCUT2D eigenvalue weighted by molar-refractivity contribution is 0.355. The van der Waals surface area contributed by atoms with Crippen LogP contribution in [0.25, 0.3) is 10.8 Å². The van der Waals surface area contributed by atoms with E-state index in [1.807, 2.05) is 30.3 Å². The topological polar surface area (TPSA) is 68.9 Å². The molecule has 0 aromatic heterocycles. The Hall–Kier alpha value is -2.48. The predicted octanol–water partition coefficient (Wildman–Crippen LogP) is 4.40. The molecule has 0 atom stereocenters. The van der Waals surface area contributed by atoms with Gasteiger partial charge in [-0.2, -0.15) is 0 Å². The number of nitrogens with zero attached hydrogens (tertiary/aromatic N) is 1. The summed E-state index contributed by atoms with van der Waals surface area (Å²) in [5, 5.41) is 5.48. The number of benzene rings is 3. The maximum Gasteiger partial charge on any atom is 0.193 e. The number of methoxy groups -OCH3 is 2. The van der Waals surface area contributed by atoms with Crippen molar-refractivity contribution in [1.29, 1.82) is 0 Å². The number of rotatable bonds is 5. The van der Waals surface area contributed by atoms with E-state index in [0.717, 1.165) is 11.3 Å². The molecule has 0 saturated carbocycles. The van der Waals surface area contributed by atoms with Crippen molar-refractivity contribution in [2.75, 3.05) is 19.5 Å². The van der Waals surface area contributed by atoms with Gasteiger partial charge in [-0.15, -0.1) is 24.0 Å². The molecule has 0 spiro atoms. The molecule has 3 N–H and O–H groups in total. The predicted molar refractivity (Wildman–Crippen MR) is 118 cm³/mol. The summed E-state index contributed by atoms with van der Waals surface area (Å²) in [5.41, 5.74) is 7.89. The molecular formula is C20H22IN3O2. The summed E-state index contributed by atoms with van der Waals surface area (Å²) in [5.74, 6) is 1.65. The van der Waals surface area contributed by atoms with E-state index < -0.39 is 0 Å². The van der Waals surface area contributed by atoms with Crippen LogP contribution in [0.15, 0.2) is 65.7 Å². The Bertz CT molecular complexity index is 912. The van der Waals surface area contributed by atoms with Crippen molar-refractivity contribution in [2.45, 2.75) is 6.54 Å². The number of guanidine groups is 1. The largest absolute Gasteiger partial charge is 0.493 e. The zero-order chi connectivity index (χ0) is 17.6. The van der Waals surface area contributed by atoms with Crippen molar-refractivity contribution < 1.29 is 9.47 Å². The smallest absolute Gasteiger partial charge is 0.193 e. The van der Waals surface area contributed by atoms with Gasteiger partial charge in [-0.25, -0.2) is 4.99 Å². The SMILES string of the molecule is COc1ccc(NC(N)=NCc2ccc3ccccc3c2)cc1OC.I. The Labute approximate surface area is 170 Å². The van der Waals surface area contributed by atoms with Crippen LogP contribution in [0.2, 0.25) is 0 Å². The van der Waals surface area contributed by atoms with Crippen molar-refractivity contribution in [3.8, 4) is 11.5 Å². The summed E-state index contributed by atoms with van der Waals surface area (Å²) in [6.45, 7) is 0.511. The van der Waals surface area contributed by atoms with E-state index >= 15 is 0 Å². The van der Waals surface area contributed by atoms with Crippen molar-refractivity contribution in [2.24, 2.45) is 10.7 Å². The molecule has 0 amide bonds. The van der Waals surface area contributed by atoms with Gasteiger partial charge in [0.25, 0.3) is 0 Å². The van der Waals surface area contributed by atoms with Gasteiger partial charge in [0.15, 0.2) is 17.5 Å². The van der Waals surface area contributed by atoms with Gasteiger partial charge in [-0.3, -0.25) is 0 Å². The zero-order valence-electron chi connectivity index (χ0n) is 14.7. The number of aliphatic imine (C=N–C) groups is 1. The van der Waals surface area contributed by atoms with Crippen molar-refractivity contribution in [1.82, 2.24) is 0 Å². The first-order valence-corrected chi connectivity index (χ1v) is 7.96. The first kappa shape index (κ1) is 19.8. The maximum absolute atomic E-state index is 6.00. The normalized spacial score (nSPS) is 10.9. The molecule has 136 valence electrons. The standard InChI is InChI=1S/C20H21N3O2.HI/c1-24-18-10-9-17(12-19(18)25-2)23-20(21)22-13-14-7-8-15-5-3-4-6-16(15)11-14;/h3-12H,13H2,1-2H3,(H3,21,22,23);1H. The molecule has 3 aromatic rings. The number of nitrogens with two attached hydrogens (primary N) is 1. The summed E-state index contributed by atoms with van der Waals surface area (Å²) in [6.07, 6.45) is 0. The lowest BCUT2D eigenvalue weighted by Gasteiger charge is -2.11. The molecule has 0 heterocycles. The van der Waals surface area contributed by atoms with Crippen molar-refractivity contribution >= 4 is 46.4 Å². The van der Waals surface area contributed by atoms with Crippen LogP contribution in [0.4, 0.5) is 5.69 Å². The molecule has 26 heavy (non-hydrogen) atoms. The van der Waals surface area contributed by atoms with Gasteiger partial charge in [-0.05, 0) is 34.5 Å². The van der Waals surface area contributed by atoms with Gasteiger partial charge in [-0.1, -0.05) is 36.4 Å². The molecule has 3 aromatic carbocycles. The van der Waals surface area contributed by atoms with Crippen molar-refractivity contribution in [3.05, 3.63) is 66.2 Å². The van der Waals surface area contributed by atoms with Crippen LogP contribution >= 0.6 is 24.0 Å². The van der Waals surface area contributed by atoms with Crippen LogP contribution in [0.3, 0.4) is 0 Å². The third kappa shape index (κ3) is 4.78. The molecule has 0 radical (unpaired) electrons. The highest BCUT2D eigenvalue weighted by atomic mass is 127. The molecular weight excluding hydrogens is 441 g/mol. The number of hydrogen-bond donors (Lipinski definition) is 2. The fourth-order valence-electron chi connectivity index (χ4n) is 2.61. The van der Waals surface area contributed by atoms with Crippen LogP contribution in [-0.4, -0.2) is 20.2 Å². The number of ether oxygens (including phenoxy) is 2. The fourth-order valence-corrected chi connectivity index (χ4v) is 2.61. The average Bonchev–Trinajstić information content (AvgIpc) is 2.66. The molecule has 0 unspecified atom stereocenters. The fraction of sp³-hybridized carbons (Fsp3) is 0.150. The van der Waals surface area contributed by atoms with E-state index in [9.17, 15) is 0 Å². The van der Waals surface area contributed by atoms with Crippen LogP contribution < -0.4 is 20.5 Å². The van der Waals surface area contributed by atoms with Gasteiger partial charge in [0.1, 0.15) is 0 Å². The highest BCUT2D eigenvalue weighted by Crippen LogP contribution is 2.29. The van der Waals surface area contributed by atoms with Crippen LogP contribution in [-0.2, 0) is 6.54 Å². The second-order valence-electron chi connectivity index (χ2n) is 5.58. The minimum atomic E-state index is 0. The van der Waals surface area contributed by atoms with Gasteiger partial charge in [0.05, 0.1) is 20.8 Å². The van der Waals surface area contributed by atoms with Crippen LogP contribution in [0.1, 0.15) is 5.56 Å². The minimum absolute atomic E-state index is 0. The Morgan fingerprint density at radius 1 is 0.923 bits per heavy atom. The molecule has 0 bridgehead atoms. The first-order valence-electron chi connectivity index (χ1n) is 7.96. The molecule has 6 heteroatoms. The Morgan fingerprint density at radius 3 is 2.38 bits per heavy atom.